The zero-order valence-electron chi connectivity index (χ0n) is 15.2. The van der Waals surface area contributed by atoms with E-state index >= 15 is 0 Å². The number of carbonyl (C=O) groups excluding carboxylic acids is 2. The molecular formula is C20H23FN2O3S. The molecule has 2 aromatic rings. The third kappa shape index (κ3) is 7.80. The van der Waals surface area contributed by atoms with Crippen LogP contribution in [0.2, 0.25) is 0 Å². The molecule has 27 heavy (non-hydrogen) atoms. The minimum atomic E-state index is -0.338. The number of ether oxygens (including phenoxy) is 1. The lowest BCUT2D eigenvalue weighted by atomic mass is 10.1. The second-order valence-corrected chi connectivity index (χ2v) is 6.83. The van der Waals surface area contributed by atoms with Crippen LogP contribution in [-0.2, 0) is 15.3 Å². The molecule has 0 fully saturated rings. The van der Waals surface area contributed by atoms with Gasteiger partial charge in [-0.3, -0.25) is 9.59 Å². The van der Waals surface area contributed by atoms with Crippen molar-refractivity contribution in [1.29, 1.82) is 0 Å². The van der Waals surface area contributed by atoms with Gasteiger partial charge in [0.1, 0.15) is 5.82 Å². The van der Waals surface area contributed by atoms with Crippen LogP contribution in [0.5, 0.6) is 0 Å². The Morgan fingerprint density at radius 1 is 1.07 bits per heavy atom. The van der Waals surface area contributed by atoms with Crippen LogP contribution in [0.1, 0.15) is 22.3 Å². The number of carbonyl (C=O) groups is 2. The molecule has 0 bridgehead atoms. The zero-order valence-corrected chi connectivity index (χ0v) is 16.0. The number of anilines is 1. The van der Waals surface area contributed by atoms with Crippen molar-refractivity contribution in [2.75, 3.05) is 31.3 Å². The number of thioether (sulfide) groups is 1. The van der Waals surface area contributed by atoms with Gasteiger partial charge in [0.05, 0.1) is 5.75 Å². The van der Waals surface area contributed by atoms with E-state index in [0.29, 0.717) is 35.9 Å². The summed E-state index contributed by atoms with van der Waals surface area (Å²) in [7, 11) is 1.63. The van der Waals surface area contributed by atoms with Gasteiger partial charge in [-0.2, -0.15) is 0 Å². The normalized spacial score (nSPS) is 10.4. The predicted molar refractivity (Wildman–Crippen MR) is 106 cm³/mol. The Morgan fingerprint density at radius 3 is 2.44 bits per heavy atom. The second-order valence-electron chi connectivity index (χ2n) is 5.85. The number of hydrogen-bond acceptors (Lipinski definition) is 4. The highest BCUT2D eigenvalue weighted by atomic mass is 32.2. The molecule has 0 atom stereocenters. The van der Waals surface area contributed by atoms with E-state index in [1.807, 2.05) is 12.1 Å². The topological polar surface area (TPSA) is 67.4 Å². The van der Waals surface area contributed by atoms with Gasteiger partial charge in [-0.1, -0.05) is 12.1 Å². The van der Waals surface area contributed by atoms with Gasteiger partial charge in [-0.05, 0) is 48.4 Å². The summed E-state index contributed by atoms with van der Waals surface area (Å²) in [6, 6.07) is 13.0. The lowest BCUT2D eigenvalue weighted by Crippen LogP contribution is -2.25. The quantitative estimate of drug-likeness (QED) is 0.610. The van der Waals surface area contributed by atoms with Crippen LogP contribution in [0.3, 0.4) is 0 Å². The van der Waals surface area contributed by atoms with Crippen LogP contribution in [0.25, 0.3) is 0 Å². The van der Waals surface area contributed by atoms with E-state index < -0.39 is 0 Å². The molecule has 0 aliphatic carbocycles. The van der Waals surface area contributed by atoms with Gasteiger partial charge < -0.3 is 15.4 Å². The molecule has 5 nitrogen and oxygen atoms in total. The molecule has 0 unspecified atom stereocenters. The standard InChI is InChI=1S/C20H23FN2O3S/c1-26-12-2-11-22-20(25)16-5-3-15(4-6-16)13-27-14-19(24)23-18-9-7-17(21)8-10-18/h3-10H,2,11-14H2,1H3,(H,22,25)(H,23,24). The highest BCUT2D eigenvalue weighted by Crippen LogP contribution is 2.14. The summed E-state index contributed by atoms with van der Waals surface area (Å²) in [4.78, 5) is 23.9. The minimum absolute atomic E-state index is 0.107. The summed E-state index contributed by atoms with van der Waals surface area (Å²) < 4.78 is 17.8. The van der Waals surface area contributed by atoms with Crippen LogP contribution in [0.15, 0.2) is 48.5 Å². The molecular weight excluding hydrogens is 367 g/mol. The van der Waals surface area contributed by atoms with Gasteiger partial charge in [0.2, 0.25) is 5.91 Å². The maximum absolute atomic E-state index is 12.8. The highest BCUT2D eigenvalue weighted by molar-refractivity contribution is 7.99. The Morgan fingerprint density at radius 2 is 1.78 bits per heavy atom. The predicted octanol–water partition coefficient (Wildman–Crippen LogP) is 3.46. The summed E-state index contributed by atoms with van der Waals surface area (Å²) >= 11 is 1.47. The molecule has 0 aliphatic heterocycles. The Hall–Kier alpha value is -2.38. The van der Waals surface area contributed by atoms with Crippen molar-refractivity contribution >= 4 is 29.3 Å². The first kappa shape index (κ1) is 20.9. The monoisotopic (exact) mass is 390 g/mol. The molecule has 2 amide bonds. The minimum Gasteiger partial charge on any atom is -0.385 e. The molecule has 0 saturated carbocycles. The molecule has 0 aromatic heterocycles. The SMILES string of the molecule is COCCCNC(=O)c1ccc(CSCC(=O)Nc2ccc(F)cc2)cc1. The number of rotatable bonds is 10. The van der Waals surface area contributed by atoms with Crippen molar-refractivity contribution in [1.82, 2.24) is 5.32 Å². The molecule has 0 saturated heterocycles. The number of methoxy groups -OCH3 is 1. The lowest BCUT2D eigenvalue weighted by molar-refractivity contribution is -0.113. The number of benzene rings is 2. The third-order valence-corrected chi connectivity index (χ3v) is 4.66. The third-order valence-electron chi connectivity index (χ3n) is 3.66. The first-order chi connectivity index (χ1) is 13.1. The molecule has 0 heterocycles. The van der Waals surface area contributed by atoms with E-state index in [0.717, 1.165) is 12.0 Å². The van der Waals surface area contributed by atoms with Gasteiger partial charge in [0.25, 0.3) is 5.91 Å². The maximum Gasteiger partial charge on any atom is 0.251 e. The van der Waals surface area contributed by atoms with Gasteiger partial charge in [0.15, 0.2) is 0 Å². The number of hydrogen-bond donors (Lipinski definition) is 2. The largest absolute Gasteiger partial charge is 0.385 e. The Kier molecular flexibility index (Phi) is 8.80. The van der Waals surface area contributed by atoms with Crippen LogP contribution in [-0.4, -0.2) is 37.8 Å². The number of halogens is 1. The van der Waals surface area contributed by atoms with Gasteiger partial charge in [0, 0.05) is 37.3 Å². The molecule has 0 spiro atoms. The summed E-state index contributed by atoms with van der Waals surface area (Å²) in [6.45, 7) is 1.19. The highest BCUT2D eigenvalue weighted by Gasteiger charge is 2.06. The summed E-state index contributed by atoms with van der Waals surface area (Å²) in [5.74, 6) is 0.364. The summed E-state index contributed by atoms with van der Waals surface area (Å²) in [5, 5.41) is 5.56. The molecule has 0 aliphatic rings. The van der Waals surface area contributed by atoms with E-state index in [9.17, 15) is 14.0 Å². The zero-order chi connectivity index (χ0) is 19.5. The van der Waals surface area contributed by atoms with E-state index in [1.165, 1.54) is 36.0 Å². The maximum atomic E-state index is 12.8. The van der Waals surface area contributed by atoms with E-state index in [2.05, 4.69) is 10.6 Å². The fraction of sp³-hybridized carbons (Fsp3) is 0.300. The molecule has 144 valence electrons. The van der Waals surface area contributed by atoms with Gasteiger partial charge in [-0.15, -0.1) is 11.8 Å². The first-order valence-electron chi connectivity index (χ1n) is 8.57. The van der Waals surface area contributed by atoms with Gasteiger partial charge in [-0.25, -0.2) is 4.39 Å². The van der Waals surface area contributed by atoms with Crippen LogP contribution < -0.4 is 10.6 Å². The van der Waals surface area contributed by atoms with Crippen molar-refractivity contribution in [3.05, 3.63) is 65.5 Å². The molecule has 0 radical (unpaired) electrons. The molecule has 2 aromatic carbocycles. The smallest absolute Gasteiger partial charge is 0.251 e. The van der Waals surface area contributed by atoms with Crippen molar-refractivity contribution in [3.63, 3.8) is 0 Å². The van der Waals surface area contributed by atoms with Gasteiger partial charge >= 0.3 is 0 Å². The fourth-order valence-electron chi connectivity index (χ4n) is 2.26. The number of nitrogens with one attached hydrogen (secondary N) is 2. The fourth-order valence-corrected chi connectivity index (χ4v) is 3.05. The first-order valence-corrected chi connectivity index (χ1v) is 9.73. The van der Waals surface area contributed by atoms with Crippen molar-refractivity contribution in [2.24, 2.45) is 0 Å². The average Bonchev–Trinajstić information content (AvgIpc) is 2.67. The Labute approximate surface area is 162 Å². The Bertz CT molecular complexity index is 736. The molecule has 2 rings (SSSR count). The Balaban J connectivity index is 1.70. The second kappa shape index (κ2) is 11.4. The number of amides is 2. The average molecular weight is 390 g/mol. The summed E-state index contributed by atoms with van der Waals surface area (Å²) in [5.41, 5.74) is 2.21. The van der Waals surface area contributed by atoms with Crippen molar-refractivity contribution in [2.45, 2.75) is 12.2 Å². The molecule has 2 N–H and O–H groups in total. The molecule has 7 heteroatoms. The van der Waals surface area contributed by atoms with Crippen molar-refractivity contribution in [3.8, 4) is 0 Å². The van der Waals surface area contributed by atoms with Crippen LogP contribution in [0, 0.1) is 5.82 Å². The van der Waals surface area contributed by atoms with Crippen LogP contribution >= 0.6 is 11.8 Å². The van der Waals surface area contributed by atoms with E-state index in [1.54, 1.807) is 19.2 Å². The lowest BCUT2D eigenvalue weighted by Gasteiger charge is -2.07. The van der Waals surface area contributed by atoms with E-state index in [-0.39, 0.29) is 17.6 Å². The van der Waals surface area contributed by atoms with Crippen LogP contribution in [0.4, 0.5) is 10.1 Å². The summed E-state index contributed by atoms with van der Waals surface area (Å²) in [6.07, 6.45) is 0.775. The van der Waals surface area contributed by atoms with E-state index in [4.69, 9.17) is 4.74 Å². The van der Waals surface area contributed by atoms with Crippen molar-refractivity contribution < 1.29 is 18.7 Å².